The van der Waals surface area contributed by atoms with Gasteiger partial charge in [-0.25, -0.2) is 9.50 Å². The Labute approximate surface area is 194 Å². The summed E-state index contributed by atoms with van der Waals surface area (Å²) in [5.41, 5.74) is 0.650. The summed E-state index contributed by atoms with van der Waals surface area (Å²) in [7, 11) is -3.80. The molecule has 174 valence electrons. The lowest BCUT2D eigenvalue weighted by Crippen LogP contribution is -2.53. The van der Waals surface area contributed by atoms with Crippen LogP contribution in [0.25, 0.3) is 5.65 Å². The van der Waals surface area contributed by atoms with Gasteiger partial charge in [0, 0.05) is 17.9 Å². The lowest BCUT2D eigenvalue weighted by Gasteiger charge is -2.45. The van der Waals surface area contributed by atoms with Crippen LogP contribution in [0.4, 0.5) is 0 Å². The number of nitrogens with zero attached hydrogens (tertiary/aromatic N) is 3. The standard InChI is InChI=1S/C24H37N3O3Si2/c1-23(2,3)32(7,8)29-20-13-15-24(16-14-20,30-31(4,5)6)21(28)11-9-19-10-12-22-25-18-26-27(22)17-19/h10,12,17-18,20H,13-16H2,1-8H3. The van der Waals surface area contributed by atoms with Crippen LogP contribution >= 0.6 is 0 Å². The minimum Gasteiger partial charge on any atom is -0.414 e. The second kappa shape index (κ2) is 8.86. The van der Waals surface area contributed by atoms with Crippen LogP contribution in [-0.4, -0.2) is 48.7 Å². The normalized spacial score (nSPS) is 22.4. The van der Waals surface area contributed by atoms with Crippen LogP contribution in [-0.2, 0) is 13.6 Å². The number of carbonyl (C=O) groups is 1. The smallest absolute Gasteiger partial charge is 0.236 e. The first-order valence-electron chi connectivity index (χ1n) is 11.4. The summed E-state index contributed by atoms with van der Waals surface area (Å²) in [6.45, 7) is 17.8. The molecule has 0 aromatic carbocycles. The number of ketones is 1. The molecule has 2 heterocycles. The van der Waals surface area contributed by atoms with E-state index in [0.717, 1.165) is 24.1 Å². The van der Waals surface area contributed by atoms with Crippen molar-refractivity contribution in [3.05, 3.63) is 30.2 Å². The van der Waals surface area contributed by atoms with Gasteiger partial charge in [0.25, 0.3) is 0 Å². The fourth-order valence-corrected chi connectivity index (χ4v) is 6.76. The van der Waals surface area contributed by atoms with Crippen LogP contribution in [0, 0.1) is 11.8 Å². The number of rotatable bonds is 5. The number of pyridine rings is 1. The Kier molecular flexibility index (Phi) is 6.88. The van der Waals surface area contributed by atoms with Crippen molar-refractivity contribution in [2.75, 3.05) is 0 Å². The highest BCUT2D eigenvalue weighted by atomic mass is 28.4. The van der Waals surface area contributed by atoms with Crippen molar-refractivity contribution in [2.24, 2.45) is 0 Å². The van der Waals surface area contributed by atoms with E-state index in [4.69, 9.17) is 8.85 Å². The zero-order chi connectivity index (χ0) is 23.8. The van der Waals surface area contributed by atoms with Crippen molar-refractivity contribution >= 4 is 28.1 Å². The summed E-state index contributed by atoms with van der Waals surface area (Å²) >= 11 is 0. The van der Waals surface area contributed by atoms with Crippen LogP contribution in [0.1, 0.15) is 52.0 Å². The molecule has 1 saturated carbocycles. The molecule has 0 N–H and O–H groups in total. The minimum atomic E-state index is -1.96. The van der Waals surface area contributed by atoms with E-state index in [2.05, 4.69) is 75.4 Å². The van der Waals surface area contributed by atoms with Crippen molar-refractivity contribution in [3.63, 3.8) is 0 Å². The van der Waals surface area contributed by atoms with Crippen molar-refractivity contribution in [3.8, 4) is 11.8 Å². The molecule has 2 aromatic heterocycles. The molecule has 1 fully saturated rings. The maximum absolute atomic E-state index is 13.4. The molecule has 2 aromatic rings. The van der Waals surface area contributed by atoms with E-state index in [0.29, 0.717) is 12.8 Å². The Balaban J connectivity index is 1.77. The Morgan fingerprint density at radius 2 is 1.81 bits per heavy atom. The molecule has 1 aliphatic rings. The summed E-state index contributed by atoms with van der Waals surface area (Å²) in [5.74, 6) is 5.80. The summed E-state index contributed by atoms with van der Waals surface area (Å²) in [6.07, 6.45) is 6.45. The topological polar surface area (TPSA) is 65.7 Å². The monoisotopic (exact) mass is 471 g/mol. The molecular formula is C24H37N3O3Si2. The van der Waals surface area contributed by atoms with E-state index in [-0.39, 0.29) is 16.9 Å². The molecule has 0 atom stereocenters. The van der Waals surface area contributed by atoms with Crippen molar-refractivity contribution in [2.45, 2.75) is 95.9 Å². The summed E-state index contributed by atoms with van der Waals surface area (Å²) in [6, 6.07) is 3.71. The first-order valence-corrected chi connectivity index (χ1v) is 17.8. The summed E-state index contributed by atoms with van der Waals surface area (Å²) in [4.78, 5) is 17.5. The van der Waals surface area contributed by atoms with E-state index in [9.17, 15) is 4.79 Å². The fraction of sp³-hybridized carbons (Fsp3) is 0.625. The van der Waals surface area contributed by atoms with Crippen molar-refractivity contribution < 1.29 is 13.6 Å². The Morgan fingerprint density at radius 1 is 1.16 bits per heavy atom. The molecule has 3 rings (SSSR count). The number of hydrogen-bond donors (Lipinski definition) is 0. The van der Waals surface area contributed by atoms with Gasteiger partial charge in [-0.1, -0.05) is 26.7 Å². The molecule has 6 nitrogen and oxygen atoms in total. The van der Waals surface area contributed by atoms with Gasteiger partial charge in [-0.2, -0.15) is 5.10 Å². The summed E-state index contributed by atoms with van der Waals surface area (Å²) < 4.78 is 14.8. The molecule has 0 radical (unpaired) electrons. The van der Waals surface area contributed by atoms with Gasteiger partial charge < -0.3 is 8.85 Å². The van der Waals surface area contributed by atoms with Crippen LogP contribution in [0.5, 0.6) is 0 Å². The second-order valence-electron chi connectivity index (χ2n) is 11.3. The van der Waals surface area contributed by atoms with E-state index in [1.54, 1.807) is 10.7 Å². The molecule has 0 amide bonds. The van der Waals surface area contributed by atoms with Crippen molar-refractivity contribution in [1.29, 1.82) is 0 Å². The predicted molar refractivity (Wildman–Crippen MR) is 133 cm³/mol. The predicted octanol–water partition coefficient (Wildman–Crippen LogP) is 5.20. The maximum Gasteiger partial charge on any atom is 0.236 e. The average Bonchev–Trinajstić information content (AvgIpc) is 3.13. The molecule has 8 heteroatoms. The quantitative estimate of drug-likeness (QED) is 0.443. The van der Waals surface area contributed by atoms with E-state index < -0.39 is 22.2 Å². The highest BCUT2D eigenvalue weighted by molar-refractivity contribution is 6.74. The van der Waals surface area contributed by atoms with Gasteiger partial charge in [0.2, 0.25) is 5.78 Å². The van der Waals surface area contributed by atoms with Crippen molar-refractivity contribution in [1.82, 2.24) is 14.6 Å². The lowest BCUT2D eigenvalue weighted by molar-refractivity contribution is -0.133. The SMILES string of the molecule is CC(C)(C)[Si](C)(C)OC1CCC(O[Si](C)(C)C)(C(=O)C#Cc2ccc3ncnn3c2)CC1. The molecule has 0 spiro atoms. The zero-order valence-electron chi connectivity index (χ0n) is 20.8. The second-order valence-corrected chi connectivity index (χ2v) is 20.5. The largest absolute Gasteiger partial charge is 0.414 e. The van der Waals surface area contributed by atoms with Gasteiger partial charge in [0.15, 0.2) is 22.3 Å². The maximum atomic E-state index is 13.4. The first-order chi connectivity index (χ1) is 14.7. The zero-order valence-corrected chi connectivity index (χ0v) is 22.8. The summed E-state index contributed by atoms with van der Waals surface area (Å²) in [5, 5.41) is 4.31. The van der Waals surface area contributed by atoms with Gasteiger partial charge >= 0.3 is 0 Å². The Bertz CT molecular complexity index is 1030. The van der Waals surface area contributed by atoms with Gasteiger partial charge in [-0.15, -0.1) is 0 Å². The molecule has 0 bridgehead atoms. The number of Topliss-reactive ketones (excluding diaryl/α,β-unsaturated/α-hetero) is 1. The van der Waals surface area contributed by atoms with Crippen LogP contribution in [0.2, 0.25) is 37.8 Å². The molecular weight excluding hydrogens is 434 g/mol. The minimum absolute atomic E-state index is 0.121. The molecule has 32 heavy (non-hydrogen) atoms. The number of aromatic nitrogens is 3. The molecule has 0 unspecified atom stereocenters. The Hall–Kier alpha value is -1.80. The van der Waals surface area contributed by atoms with E-state index >= 15 is 0 Å². The number of fused-ring (bicyclic) bond motifs is 1. The highest BCUT2D eigenvalue weighted by Gasteiger charge is 2.47. The van der Waals surface area contributed by atoms with Crippen LogP contribution in [0.3, 0.4) is 0 Å². The molecule has 0 aliphatic heterocycles. The van der Waals surface area contributed by atoms with Crippen LogP contribution < -0.4 is 0 Å². The van der Waals surface area contributed by atoms with Gasteiger partial charge in [0.1, 0.15) is 11.9 Å². The van der Waals surface area contributed by atoms with E-state index in [1.807, 2.05) is 12.1 Å². The number of carbonyl (C=O) groups excluding carboxylic acids is 1. The van der Waals surface area contributed by atoms with Gasteiger partial charge in [0.05, 0.1) is 0 Å². The Morgan fingerprint density at radius 3 is 2.41 bits per heavy atom. The third-order valence-electron chi connectivity index (χ3n) is 6.52. The average molecular weight is 472 g/mol. The van der Waals surface area contributed by atoms with Gasteiger partial charge in [-0.3, -0.25) is 4.79 Å². The molecule has 1 aliphatic carbocycles. The third-order valence-corrected chi connectivity index (χ3v) is 12.1. The highest BCUT2D eigenvalue weighted by Crippen LogP contribution is 2.42. The first kappa shape index (κ1) is 24.8. The lowest BCUT2D eigenvalue weighted by atomic mass is 9.80. The van der Waals surface area contributed by atoms with E-state index in [1.165, 1.54) is 6.33 Å². The molecule has 0 saturated heterocycles. The third kappa shape index (κ3) is 5.76. The van der Waals surface area contributed by atoms with Crippen LogP contribution in [0.15, 0.2) is 24.7 Å². The van der Waals surface area contributed by atoms with Gasteiger partial charge in [-0.05, 0) is 81.5 Å². The fourth-order valence-electron chi connectivity index (χ4n) is 3.86. The number of hydrogen-bond acceptors (Lipinski definition) is 5.